The normalized spacial score (nSPS) is 10.8. The Labute approximate surface area is 107 Å². The highest BCUT2D eigenvalue weighted by Gasteiger charge is 2.04. The summed E-state index contributed by atoms with van der Waals surface area (Å²) in [6.07, 6.45) is 3.07. The number of anilines is 1. The molecule has 0 aliphatic carbocycles. The maximum absolute atomic E-state index is 4.29. The van der Waals surface area contributed by atoms with Crippen molar-refractivity contribution in [2.24, 2.45) is 5.92 Å². The maximum atomic E-state index is 4.29. The van der Waals surface area contributed by atoms with Gasteiger partial charge in [-0.15, -0.1) is 0 Å². The average Bonchev–Trinajstić information content (AvgIpc) is 2.78. The summed E-state index contributed by atoms with van der Waals surface area (Å²) in [7, 11) is 1.90. The summed E-state index contributed by atoms with van der Waals surface area (Å²) in [4.78, 5) is 5.50. The molecular weight excluding hydrogens is 228 g/mol. The number of nitrogens with one attached hydrogen (secondary N) is 1. The molecule has 0 radical (unpaired) electrons. The number of nitrogens with zero attached hydrogens (tertiary/aromatic N) is 1. The zero-order chi connectivity index (χ0) is 12.3. The highest BCUT2D eigenvalue weighted by atomic mass is 32.1. The van der Waals surface area contributed by atoms with Crippen molar-refractivity contribution in [1.82, 2.24) is 4.98 Å². The molecule has 3 heteroatoms. The molecule has 0 unspecified atom stereocenters. The second kappa shape index (κ2) is 5.32. The zero-order valence-electron chi connectivity index (χ0n) is 10.5. The van der Waals surface area contributed by atoms with Crippen LogP contribution in [0.2, 0.25) is 0 Å². The molecule has 1 aromatic heterocycles. The molecule has 1 aromatic carbocycles. The molecule has 0 saturated heterocycles. The van der Waals surface area contributed by atoms with Gasteiger partial charge in [-0.3, -0.25) is 0 Å². The Morgan fingerprint density at radius 3 is 2.47 bits per heavy atom. The molecule has 0 atom stereocenters. The SMILES string of the molecule is CNc1ncc(-c2ccc(CC(C)C)cc2)s1. The van der Waals surface area contributed by atoms with Gasteiger partial charge in [-0.05, 0) is 23.5 Å². The Hall–Kier alpha value is -1.35. The second-order valence-corrected chi connectivity index (χ2v) is 5.61. The first-order valence-corrected chi connectivity index (χ1v) is 6.73. The quantitative estimate of drug-likeness (QED) is 0.880. The van der Waals surface area contributed by atoms with E-state index in [0.717, 1.165) is 11.6 Å². The van der Waals surface area contributed by atoms with Crippen molar-refractivity contribution in [3.8, 4) is 10.4 Å². The van der Waals surface area contributed by atoms with Crippen molar-refractivity contribution >= 4 is 16.5 Å². The summed E-state index contributed by atoms with van der Waals surface area (Å²) < 4.78 is 0. The van der Waals surface area contributed by atoms with Crippen molar-refractivity contribution in [1.29, 1.82) is 0 Å². The van der Waals surface area contributed by atoms with Crippen LogP contribution >= 0.6 is 11.3 Å². The topological polar surface area (TPSA) is 24.9 Å². The van der Waals surface area contributed by atoms with E-state index >= 15 is 0 Å². The zero-order valence-corrected chi connectivity index (χ0v) is 11.3. The van der Waals surface area contributed by atoms with Crippen LogP contribution in [0.5, 0.6) is 0 Å². The van der Waals surface area contributed by atoms with E-state index in [1.54, 1.807) is 11.3 Å². The van der Waals surface area contributed by atoms with Gasteiger partial charge in [0.25, 0.3) is 0 Å². The van der Waals surface area contributed by atoms with Crippen LogP contribution in [0.4, 0.5) is 5.13 Å². The lowest BCUT2D eigenvalue weighted by atomic mass is 10.0. The standard InChI is InChI=1S/C14H18N2S/c1-10(2)8-11-4-6-12(7-5-11)13-9-16-14(15-3)17-13/h4-7,9-10H,8H2,1-3H3,(H,15,16). The van der Waals surface area contributed by atoms with Crippen molar-refractivity contribution in [2.75, 3.05) is 12.4 Å². The van der Waals surface area contributed by atoms with Crippen LogP contribution in [-0.2, 0) is 6.42 Å². The Bertz CT molecular complexity index is 471. The molecule has 90 valence electrons. The van der Waals surface area contributed by atoms with Crippen molar-refractivity contribution in [2.45, 2.75) is 20.3 Å². The van der Waals surface area contributed by atoms with Crippen molar-refractivity contribution in [3.05, 3.63) is 36.0 Å². The fourth-order valence-electron chi connectivity index (χ4n) is 1.80. The van der Waals surface area contributed by atoms with Gasteiger partial charge in [0.05, 0.1) is 4.88 Å². The van der Waals surface area contributed by atoms with Gasteiger partial charge in [-0.2, -0.15) is 0 Å². The molecule has 2 rings (SSSR count). The van der Waals surface area contributed by atoms with E-state index in [4.69, 9.17) is 0 Å². The molecule has 0 fully saturated rings. The number of aromatic nitrogens is 1. The lowest BCUT2D eigenvalue weighted by Gasteiger charge is -2.05. The summed E-state index contributed by atoms with van der Waals surface area (Å²) in [5.41, 5.74) is 2.65. The van der Waals surface area contributed by atoms with Crippen LogP contribution in [0.3, 0.4) is 0 Å². The van der Waals surface area contributed by atoms with Gasteiger partial charge in [-0.1, -0.05) is 49.4 Å². The van der Waals surface area contributed by atoms with E-state index in [2.05, 4.69) is 48.4 Å². The molecule has 0 aliphatic rings. The van der Waals surface area contributed by atoms with E-state index in [9.17, 15) is 0 Å². The highest BCUT2D eigenvalue weighted by Crippen LogP contribution is 2.28. The van der Waals surface area contributed by atoms with Crippen LogP contribution in [-0.4, -0.2) is 12.0 Å². The predicted molar refractivity (Wildman–Crippen MR) is 75.6 cm³/mol. The fourth-order valence-corrected chi connectivity index (χ4v) is 2.57. The summed E-state index contributed by atoms with van der Waals surface area (Å²) in [6, 6.07) is 8.80. The Kier molecular flexibility index (Phi) is 3.79. The predicted octanol–water partition coefficient (Wildman–Crippen LogP) is 4.05. The minimum atomic E-state index is 0.708. The molecule has 2 aromatic rings. The Morgan fingerprint density at radius 2 is 1.94 bits per heavy atom. The van der Waals surface area contributed by atoms with Gasteiger partial charge in [0, 0.05) is 13.2 Å². The van der Waals surface area contributed by atoms with E-state index in [1.165, 1.54) is 16.0 Å². The molecular formula is C14H18N2S. The van der Waals surface area contributed by atoms with Gasteiger partial charge in [-0.25, -0.2) is 4.98 Å². The largest absolute Gasteiger partial charge is 0.365 e. The monoisotopic (exact) mass is 246 g/mol. The summed E-state index contributed by atoms with van der Waals surface area (Å²) in [6.45, 7) is 4.49. The molecule has 0 saturated carbocycles. The highest BCUT2D eigenvalue weighted by molar-refractivity contribution is 7.18. The fraction of sp³-hybridized carbons (Fsp3) is 0.357. The third kappa shape index (κ3) is 3.07. The third-order valence-electron chi connectivity index (χ3n) is 2.60. The van der Waals surface area contributed by atoms with Gasteiger partial charge in [0.1, 0.15) is 0 Å². The van der Waals surface area contributed by atoms with Crippen LogP contribution in [0.25, 0.3) is 10.4 Å². The summed E-state index contributed by atoms with van der Waals surface area (Å²) in [5.74, 6) is 0.708. The smallest absolute Gasteiger partial charge is 0.182 e. The first-order chi connectivity index (χ1) is 8.19. The van der Waals surface area contributed by atoms with Crippen molar-refractivity contribution < 1.29 is 0 Å². The van der Waals surface area contributed by atoms with Crippen LogP contribution < -0.4 is 5.32 Å². The maximum Gasteiger partial charge on any atom is 0.182 e. The lowest BCUT2D eigenvalue weighted by Crippen LogP contribution is -1.93. The molecule has 1 heterocycles. The van der Waals surface area contributed by atoms with Crippen LogP contribution in [0.1, 0.15) is 19.4 Å². The van der Waals surface area contributed by atoms with Crippen LogP contribution in [0, 0.1) is 5.92 Å². The molecule has 0 aliphatic heterocycles. The number of hydrogen-bond donors (Lipinski definition) is 1. The third-order valence-corrected chi connectivity index (χ3v) is 3.67. The van der Waals surface area contributed by atoms with Gasteiger partial charge in [0.2, 0.25) is 0 Å². The number of rotatable bonds is 4. The van der Waals surface area contributed by atoms with Crippen molar-refractivity contribution in [3.63, 3.8) is 0 Å². The molecule has 17 heavy (non-hydrogen) atoms. The minimum absolute atomic E-state index is 0.708. The molecule has 2 nitrogen and oxygen atoms in total. The summed E-state index contributed by atoms with van der Waals surface area (Å²) in [5, 5.41) is 4.03. The van der Waals surface area contributed by atoms with Gasteiger partial charge < -0.3 is 5.32 Å². The van der Waals surface area contributed by atoms with Gasteiger partial charge in [0.15, 0.2) is 5.13 Å². The van der Waals surface area contributed by atoms with Crippen LogP contribution in [0.15, 0.2) is 30.5 Å². The first-order valence-electron chi connectivity index (χ1n) is 5.92. The van der Waals surface area contributed by atoms with E-state index in [1.807, 2.05) is 13.2 Å². The Balaban J connectivity index is 2.17. The van der Waals surface area contributed by atoms with E-state index in [-0.39, 0.29) is 0 Å². The van der Waals surface area contributed by atoms with E-state index in [0.29, 0.717) is 5.92 Å². The number of benzene rings is 1. The number of thiazole rings is 1. The van der Waals surface area contributed by atoms with Gasteiger partial charge >= 0.3 is 0 Å². The summed E-state index contributed by atoms with van der Waals surface area (Å²) >= 11 is 1.68. The molecule has 0 bridgehead atoms. The molecule has 0 amide bonds. The molecule has 1 N–H and O–H groups in total. The first kappa shape index (κ1) is 12.1. The lowest BCUT2D eigenvalue weighted by molar-refractivity contribution is 0.647. The van der Waals surface area contributed by atoms with E-state index < -0.39 is 0 Å². The average molecular weight is 246 g/mol. The Morgan fingerprint density at radius 1 is 1.24 bits per heavy atom. The second-order valence-electron chi connectivity index (χ2n) is 4.57. The number of hydrogen-bond acceptors (Lipinski definition) is 3. The minimum Gasteiger partial charge on any atom is -0.365 e. The molecule has 0 spiro atoms.